The molecule has 0 saturated carbocycles. The first-order chi connectivity index (χ1) is 5.31. The Kier molecular flexibility index (Phi) is 9.13. The summed E-state index contributed by atoms with van der Waals surface area (Å²) in [7, 11) is -4.15. The van der Waals surface area contributed by atoms with Gasteiger partial charge in [-0.1, -0.05) is 18.7 Å². The fraction of sp³-hybridized carbons (Fsp3) is 0.833. The third-order valence-corrected chi connectivity index (χ3v) is 3.18. The third-order valence-electron chi connectivity index (χ3n) is 1.06. The van der Waals surface area contributed by atoms with E-state index >= 15 is 0 Å². The van der Waals surface area contributed by atoms with Gasteiger partial charge in [-0.3, -0.25) is 4.79 Å². The fourth-order valence-electron chi connectivity index (χ4n) is 0.656. The first-order valence-corrected chi connectivity index (χ1v) is 5.94. The molecule has 0 rings (SSSR count). The second kappa shape index (κ2) is 7.25. The van der Waals surface area contributed by atoms with Gasteiger partial charge in [0.1, 0.15) is 0 Å². The summed E-state index contributed by atoms with van der Waals surface area (Å²) in [5, 5.41) is -0.0647. The van der Waals surface area contributed by atoms with E-state index in [0.29, 0.717) is 5.75 Å². The van der Waals surface area contributed by atoms with Crippen LogP contribution in [-0.4, -0.2) is 29.6 Å². The molecule has 0 radical (unpaired) electrons. The van der Waals surface area contributed by atoms with Crippen LogP contribution in [0.25, 0.3) is 0 Å². The first kappa shape index (κ1) is 16.4. The second-order valence-corrected chi connectivity index (χ2v) is 5.28. The van der Waals surface area contributed by atoms with Gasteiger partial charge < -0.3 is 4.55 Å². The first-order valence-electron chi connectivity index (χ1n) is 3.38. The van der Waals surface area contributed by atoms with Gasteiger partial charge in [-0.05, 0) is 5.92 Å². The SMILES string of the molecule is CC(=O)SCC(C)CS(=O)(=O)[O-].[Na+]. The number of thioether (sulfide) groups is 1. The molecule has 0 N–H and O–H groups in total. The number of rotatable bonds is 4. The summed E-state index contributed by atoms with van der Waals surface area (Å²) in [6.45, 7) is 3.04. The number of carbonyl (C=O) groups excluding carboxylic acids is 1. The van der Waals surface area contributed by atoms with Gasteiger partial charge in [0.25, 0.3) is 0 Å². The van der Waals surface area contributed by atoms with Crippen LogP contribution in [0.3, 0.4) is 0 Å². The van der Waals surface area contributed by atoms with Crippen molar-refractivity contribution in [1.29, 1.82) is 0 Å². The van der Waals surface area contributed by atoms with Crippen LogP contribution in [0.5, 0.6) is 0 Å². The number of carbonyl (C=O) groups is 1. The van der Waals surface area contributed by atoms with Crippen LogP contribution < -0.4 is 29.6 Å². The number of hydrogen-bond acceptors (Lipinski definition) is 5. The summed E-state index contributed by atoms with van der Waals surface area (Å²) < 4.78 is 30.7. The summed E-state index contributed by atoms with van der Waals surface area (Å²) in [5.41, 5.74) is 0. The molecule has 0 aliphatic carbocycles. The molecule has 0 aromatic rings. The average molecular weight is 234 g/mol. The minimum Gasteiger partial charge on any atom is -0.748 e. The molecule has 0 aromatic carbocycles. The number of hydrogen-bond donors (Lipinski definition) is 0. The molecular formula is C6H11NaO4S2. The fourth-order valence-corrected chi connectivity index (χ4v) is 2.26. The summed E-state index contributed by atoms with van der Waals surface area (Å²) in [5.74, 6) is -0.272. The second-order valence-electron chi connectivity index (χ2n) is 2.63. The van der Waals surface area contributed by atoms with Crippen LogP contribution in [-0.2, 0) is 14.9 Å². The van der Waals surface area contributed by atoms with E-state index < -0.39 is 15.9 Å². The van der Waals surface area contributed by atoms with Crippen LogP contribution in [0.2, 0.25) is 0 Å². The molecule has 0 aromatic heterocycles. The molecule has 0 amide bonds. The van der Waals surface area contributed by atoms with Crippen LogP contribution in [0.1, 0.15) is 13.8 Å². The van der Waals surface area contributed by atoms with E-state index in [-0.39, 0.29) is 40.6 Å². The summed E-state index contributed by atoms with van der Waals surface area (Å²) >= 11 is 1.04. The molecule has 0 spiro atoms. The van der Waals surface area contributed by atoms with E-state index in [1.807, 2.05) is 0 Å². The maximum atomic E-state index is 10.4. The van der Waals surface area contributed by atoms with Crippen molar-refractivity contribution in [1.82, 2.24) is 0 Å². The van der Waals surface area contributed by atoms with Gasteiger partial charge in [-0.25, -0.2) is 8.42 Å². The molecule has 0 heterocycles. The molecule has 0 saturated heterocycles. The molecule has 0 bridgehead atoms. The van der Waals surface area contributed by atoms with Crippen LogP contribution in [0, 0.1) is 5.92 Å². The smallest absolute Gasteiger partial charge is 0.748 e. The Hall–Kier alpha value is 0.930. The van der Waals surface area contributed by atoms with Crippen molar-refractivity contribution in [2.45, 2.75) is 13.8 Å². The van der Waals surface area contributed by atoms with Gasteiger partial charge in [0.05, 0.1) is 10.1 Å². The van der Waals surface area contributed by atoms with Gasteiger partial charge in [0.15, 0.2) is 5.12 Å². The Morgan fingerprint density at radius 3 is 2.31 bits per heavy atom. The molecule has 7 heteroatoms. The van der Waals surface area contributed by atoms with Crippen molar-refractivity contribution in [3.63, 3.8) is 0 Å². The van der Waals surface area contributed by atoms with E-state index in [1.165, 1.54) is 6.92 Å². The molecule has 13 heavy (non-hydrogen) atoms. The maximum absolute atomic E-state index is 10.4. The predicted molar refractivity (Wildman–Crippen MR) is 46.9 cm³/mol. The largest absolute Gasteiger partial charge is 1.00 e. The maximum Gasteiger partial charge on any atom is 1.00 e. The minimum atomic E-state index is -4.15. The van der Waals surface area contributed by atoms with Crippen molar-refractivity contribution in [2.24, 2.45) is 5.92 Å². The zero-order valence-corrected chi connectivity index (χ0v) is 11.6. The molecule has 1 atom stereocenters. The summed E-state index contributed by atoms with van der Waals surface area (Å²) in [6, 6.07) is 0. The zero-order valence-electron chi connectivity index (χ0n) is 7.94. The van der Waals surface area contributed by atoms with E-state index in [4.69, 9.17) is 0 Å². The molecule has 1 unspecified atom stereocenters. The molecule has 72 valence electrons. The zero-order chi connectivity index (χ0) is 9.78. The Balaban J connectivity index is 0. The Morgan fingerprint density at radius 2 is 2.00 bits per heavy atom. The molecule has 0 aliphatic rings. The van der Waals surface area contributed by atoms with Crippen LogP contribution >= 0.6 is 11.8 Å². The van der Waals surface area contributed by atoms with Gasteiger partial charge in [0, 0.05) is 18.4 Å². The van der Waals surface area contributed by atoms with Gasteiger partial charge in [0.2, 0.25) is 0 Å². The van der Waals surface area contributed by atoms with Gasteiger partial charge in [-0.2, -0.15) is 0 Å². The molecular weight excluding hydrogens is 223 g/mol. The quantitative estimate of drug-likeness (QED) is 0.395. The Morgan fingerprint density at radius 1 is 1.54 bits per heavy atom. The topological polar surface area (TPSA) is 74.3 Å². The van der Waals surface area contributed by atoms with Gasteiger partial charge in [-0.15, -0.1) is 0 Å². The summed E-state index contributed by atoms with van der Waals surface area (Å²) in [4.78, 5) is 10.4. The monoisotopic (exact) mass is 234 g/mol. The van der Waals surface area contributed by atoms with Crippen molar-refractivity contribution >= 4 is 27.0 Å². The van der Waals surface area contributed by atoms with Crippen LogP contribution in [0.15, 0.2) is 0 Å². The van der Waals surface area contributed by atoms with Crippen molar-refractivity contribution in [2.75, 3.05) is 11.5 Å². The van der Waals surface area contributed by atoms with E-state index in [2.05, 4.69) is 0 Å². The van der Waals surface area contributed by atoms with Gasteiger partial charge >= 0.3 is 29.6 Å². The van der Waals surface area contributed by atoms with Crippen molar-refractivity contribution in [3.05, 3.63) is 0 Å². The van der Waals surface area contributed by atoms with Crippen LogP contribution in [0.4, 0.5) is 0 Å². The van der Waals surface area contributed by atoms with E-state index in [0.717, 1.165) is 11.8 Å². The minimum absolute atomic E-state index is 0. The average Bonchev–Trinajstić information content (AvgIpc) is 1.79. The summed E-state index contributed by atoms with van der Waals surface area (Å²) in [6.07, 6.45) is 0. The standard InChI is InChI=1S/C6H12O4S2.Na/c1-5(3-11-6(2)7)4-12(8,9)10;/h5H,3-4H2,1-2H3,(H,8,9,10);/q;+1/p-1. The Labute approximate surface area is 105 Å². The Bertz CT molecular complexity index is 249. The van der Waals surface area contributed by atoms with Crippen molar-refractivity contribution in [3.8, 4) is 0 Å². The molecule has 0 aliphatic heterocycles. The molecule has 0 fully saturated rings. The molecule has 4 nitrogen and oxygen atoms in total. The van der Waals surface area contributed by atoms with E-state index in [9.17, 15) is 17.8 Å². The van der Waals surface area contributed by atoms with E-state index in [1.54, 1.807) is 6.92 Å². The predicted octanol–water partition coefficient (Wildman–Crippen LogP) is -2.55. The normalized spacial score (nSPS) is 13.2. The van der Waals surface area contributed by atoms with Crippen molar-refractivity contribution < 1.29 is 47.3 Å². The third kappa shape index (κ3) is 12.9.